The van der Waals surface area contributed by atoms with E-state index in [0.717, 1.165) is 11.3 Å². The quantitative estimate of drug-likeness (QED) is 0.763. The third-order valence-corrected chi connectivity index (χ3v) is 4.23. The minimum Gasteiger partial charge on any atom is -0.350 e. The Kier molecular flexibility index (Phi) is 5.68. The SMILES string of the molecule is CCCCC1(c2ccc(F)cc2)NC(=O)N(CC(=O)NC(C)(C)C)C1=O. The van der Waals surface area contributed by atoms with Gasteiger partial charge in [-0.1, -0.05) is 31.9 Å². The fourth-order valence-corrected chi connectivity index (χ4v) is 3.06. The normalized spacial score (nSPS) is 20.3. The molecule has 1 unspecified atom stereocenters. The maximum absolute atomic E-state index is 13.3. The highest BCUT2D eigenvalue weighted by Gasteiger charge is 2.52. The van der Waals surface area contributed by atoms with Gasteiger partial charge >= 0.3 is 6.03 Å². The third-order valence-electron chi connectivity index (χ3n) is 4.23. The van der Waals surface area contributed by atoms with Crippen LogP contribution in [0, 0.1) is 5.82 Å². The molecule has 0 radical (unpaired) electrons. The van der Waals surface area contributed by atoms with Crippen LogP contribution < -0.4 is 10.6 Å². The Morgan fingerprint density at radius 2 is 1.85 bits per heavy atom. The lowest BCUT2D eigenvalue weighted by molar-refractivity contribution is -0.136. The van der Waals surface area contributed by atoms with Gasteiger partial charge in [-0.25, -0.2) is 9.18 Å². The number of imide groups is 1. The van der Waals surface area contributed by atoms with E-state index in [1.165, 1.54) is 24.3 Å². The van der Waals surface area contributed by atoms with Gasteiger partial charge in [-0.2, -0.15) is 0 Å². The Hall–Kier alpha value is -2.44. The molecule has 0 bridgehead atoms. The maximum atomic E-state index is 13.3. The minimum absolute atomic E-state index is 0.350. The summed E-state index contributed by atoms with van der Waals surface area (Å²) in [5, 5.41) is 5.48. The van der Waals surface area contributed by atoms with Gasteiger partial charge in [0.25, 0.3) is 5.91 Å². The van der Waals surface area contributed by atoms with Crippen molar-refractivity contribution in [1.29, 1.82) is 0 Å². The number of carbonyl (C=O) groups is 3. The van der Waals surface area contributed by atoms with Gasteiger partial charge in [0.1, 0.15) is 17.9 Å². The molecule has 1 atom stereocenters. The van der Waals surface area contributed by atoms with Crippen LogP contribution in [0.2, 0.25) is 0 Å². The molecule has 26 heavy (non-hydrogen) atoms. The number of benzene rings is 1. The summed E-state index contributed by atoms with van der Waals surface area (Å²) in [6.07, 6.45) is 1.92. The molecule has 1 aliphatic rings. The molecular weight excluding hydrogens is 337 g/mol. The number of rotatable bonds is 6. The molecule has 1 aromatic rings. The van der Waals surface area contributed by atoms with Gasteiger partial charge in [0.15, 0.2) is 0 Å². The number of nitrogens with zero attached hydrogens (tertiary/aromatic N) is 1. The van der Waals surface area contributed by atoms with E-state index in [9.17, 15) is 18.8 Å². The number of hydrogen-bond acceptors (Lipinski definition) is 3. The highest BCUT2D eigenvalue weighted by atomic mass is 19.1. The molecule has 1 heterocycles. The van der Waals surface area contributed by atoms with Crippen LogP contribution in [-0.2, 0) is 15.1 Å². The monoisotopic (exact) mass is 363 g/mol. The van der Waals surface area contributed by atoms with Crippen LogP contribution in [0.1, 0.15) is 52.5 Å². The van der Waals surface area contributed by atoms with Gasteiger partial charge in [0.2, 0.25) is 5.91 Å². The lowest BCUT2D eigenvalue weighted by Gasteiger charge is -2.27. The summed E-state index contributed by atoms with van der Waals surface area (Å²) in [5.74, 6) is -1.31. The van der Waals surface area contributed by atoms with Crippen molar-refractivity contribution < 1.29 is 18.8 Å². The predicted octanol–water partition coefficient (Wildman–Crippen LogP) is 2.68. The standard InChI is InChI=1S/C19H26FN3O3/c1-5-6-11-19(13-7-9-14(20)10-8-13)16(25)23(17(26)22-19)12-15(24)21-18(2,3)4/h7-10H,5-6,11-12H2,1-4H3,(H,21,24)(H,22,26). The molecule has 1 saturated heterocycles. The van der Waals surface area contributed by atoms with Crippen molar-refractivity contribution in [3.05, 3.63) is 35.6 Å². The Labute approximate surface area is 153 Å². The molecular formula is C19H26FN3O3. The average molecular weight is 363 g/mol. The molecule has 142 valence electrons. The second-order valence-electron chi connectivity index (χ2n) is 7.64. The first-order valence-corrected chi connectivity index (χ1v) is 8.80. The fourth-order valence-electron chi connectivity index (χ4n) is 3.06. The summed E-state index contributed by atoms with van der Waals surface area (Å²) in [5.41, 5.74) is -1.21. The Bertz CT molecular complexity index is 697. The van der Waals surface area contributed by atoms with E-state index in [1.54, 1.807) is 0 Å². The van der Waals surface area contributed by atoms with Crippen LogP contribution in [0.5, 0.6) is 0 Å². The van der Waals surface area contributed by atoms with E-state index in [-0.39, 0.29) is 6.54 Å². The topological polar surface area (TPSA) is 78.5 Å². The van der Waals surface area contributed by atoms with E-state index in [0.29, 0.717) is 18.4 Å². The van der Waals surface area contributed by atoms with Gasteiger partial charge < -0.3 is 10.6 Å². The van der Waals surface area contributed by atoms with Crippen molar-refractivity contribution in [2.24, 2.45) is 0 Å². The highest BCUT2D eigenvalue weighted by molar-refractivity contribution is 6.09. The van der Waals surface area contributed by atoms with E-state index in [4.69, 9.17) is 0 Å². The molecule has 0 saturated carbocycles. The number of unbranched alkanes of at least 4 members (excludes halogenated alkanes) is 1. The van der Waals surface area contributed by atoms with Gasteiger partial charge in [-0.3, -0.25) is 14.5 Å². The summed E-state index contributed by atoms with van der Waals surface area (Å²) in [6, 6.07) is 4.91. The first-order chi connectivity index (χ1) is 12.1. The van der Waals surface area contributed by atoms with Gasteiger partial charge in [0, 0.05) is 5.54 Å². The third kappa shape index (κ3) is 4.20. The van der Waals surface area contributed by atoms with E-state index >= 15 is 0 Å². The van der Waals surface area contributed by atoms with Crippen molar-refractivity contribution in [2.75, 3.05) is 6.54 Å². The van der Waals surface area contributed by atoms with Gasteiger partial charge in [0.05, 0.1) is 0 Å². The lowest BCUT2D eigenvalue weighted by atomic mass is 9.85. The van der Waals surface area contributed by atoms with Crippen molar-refractivity contribution in [2.45, 2.75) is 58.0 Å². The fraction of sp³-hybridized carbons (Fsp3) is 0.526. The molecule has 2 N–H and O–H groups in total. The molecule has 0 aliphatic carbocycles. The first-order valence-electron chi connectivity index (χ1n) is 8.80. The largest absolute Gasteiger partial charge is 0.350 e. The average Bonchev–Trinajstić information content (AvgIpc) is 2.77. The summed E-state index contributed by atoms with van der Waals surface area (Å²) < 4.78 is 13.3. The second-order valence-corrected chi connectivity index (χ2v) is 7.64. The zero-order valence-electron chi connectivity index (χ0n) is 15.7. The smallest absolute Gasteiger partial charge is 0.325 e. The molecule has 7 heteroatoms. The van der Waals surface area contributed by atoms with Crippen LogP contribution >= 0.6 is 0 Å². The summed E-state index contributed by atoms with van der Waals surface area (Å²) in [6.45, 7) is 7.09. The van der Waals surface area contributed by atoms with Crippen LogP contribution in [0.25, 0.3) is 0 Å². The number of halogens is 1. The number of carbonyl (C=O) groups excluding carboxylic acids is 3. The van der Waals surface area contributed by atoms with Crippen molar-refractivity contribution in [3.63, 3.8) is 0 Å². The molecule has 1 aliphatic heterocycles. The van der Waals surface area contributed by atoms with Gasteiger partial charge in [-0.15, -0.1) is 0 Å². The Morgan fingerprint density at radius 1 is 1.23 bits per heavy atom. The number of amides is 4. The number of hydrogen-bond donors (Lipinski definition) is 2. The van der Waals surface area contributed by atoms with Crippen LogP contribution in [0.3, 0.4) is 0 Å². The van der Waals surface area contributed by atoms with Gasteiger partial charge in [-0.05, 0) is 44.9 Å². The highest BCUT2D eigenvalue weighted by Crippen LogP contribution is 2.34. The molecule has 2 rings (SSSR count). The van der Waals surface area contributed by atoms with Crippen LogP contribution in [-0.4, -0.2) is 34.8 Å². The van der Waals surface area contributed by atoms with Crippen LogP contribution in [0.15, 0.2) is 24.3 Å². The number of nitrogens with one attached hydrogen (secondary N) is 2. The molecule has 4 amide bonds. The second kappa shape index (κ2) is 7.43. The molecule has 0 spiro atoms. The summed E-state index contributed by atoms with van der Waals surface area (Å²) in [7, 11) is 0. The number of urea groups is 1. The van der Waals surface area contributed by atoms with E-state index in [1.807, 2.05) is 27.7 Å². The maximum Gasteiger partial charge on any atom is 0.325 e. The van der Waals surface area contributed by atoms with Crippen LogP contribution in [0.4, 0.5) is 9.18 Å². The van der Waals surface area contributed by atoms with Crippen molar-refractivity contribution in [1.82, 2.24) is 15.5 Å². The zero-order chi connectivity index (χ0) is 19.5. The Balaban J connectivity index is 2.30. The summed E-state index contributed by atoms with van der Waals surface area (Å²) in [4.78, 5) is 38.7. The Morgan fingerprint density at radius 3 is 2.38 bits per heavy atom. The molecule has 6 nitrogen and oxygen atoms in total. The van der Waals surface area contributed by atoms with Crippen molar-refractivity contribution >= 4 is 17.8 Å². The predicted molar refractivity (Wildman–Crippen MR) is 95.7 cm³/mol. The minimum atomic E-state index is -1.26. The molecule has 1 fully saturated rings. The van der Waals surface area contributed by atoms with E-state index in [2.05, 4.69) is 10.6 Å². The zero-order valence-corrected chi connectivity index (χ0v) is 15.7. The summed E-state index contributed by atoms with van der Waals surface area (Å²) >= 11 is 0. The molecule has 0 aromatic heterocycles. The van der Waals surface area contributed by atoms with E-state index < -0.39 is 34.7 Å². The first kappa shape index (κ1) is 19.9. The molecule has 1 aromatic carbocycles. The van der Waals surface area contributed by atoms with Crippen molar-refractivity contribution in [3.8, 4) is 0 Å². The lowest BCUT2D eigenvalue weighted by Crippen LogP contribution is -2.48.